The molecule has 0 radical (unpaired) electrons. The molecule has 1 amide bonds. The Kier molecular flexibility index (Phi) is 3.93. The smallest absolute Gasteiger partial charge is 0.228 e. The van der Waals surface area contributed by atoms with Gasteiger partial charge in [-0.15, -0.1) is 0 Å². The van der Waals surface area contributed by atoms with Crippen LogP contribution in [0.1, 0.15) is 48.9 Å². The fraction of sp³-hybridized carbons (Fsp3) is 0.579. The Morgan fingerprint density at radius 2 is 1.96 bits per heavy atom. The Morgan fingerprint density at radius 3 is 2.65 bits per heavy atom. The van der Waals surface area contributed by atoms with Crippen LogP contribution in [0.2, 0.25) is 0 Å². The molecule has 122 valence electrons. The van der Waals surface area contributed by atoms with Crippen molar-refractivity contribution in [3.8, 4) is 0 Å². The SMILES string of the molecule is O=C(C[C@@H]1CCCN1C(=O)[C@H]1C[C@H]2CC[C@H]1O2)c1ccccc1. The van der Waals surface area contributed by atoms with Gasteiger partial charge in [-0.3, -0.25) is 9.59 Å². The van der Waals surface area contributed by atoms with Crippen LogP contribution < -0.4 is 0 Å². The van der Waals surface area contributed by atoms with E-state index in [-0.39, 0.29) is 29.8 Å². The van der Waals surface area contributed by atoms with Crippen LogP contribution in [-0.2, 0) is 9.53 Å². The van der Waals surface area contributed by atoms with Crippen LogP contribution in [-0.4, -0.2) is 41.4 Å². The molecule has 4 heteroatoms. The molecule has 4 atom stereocenters. The predicted octanol–water partition coefficient (Wildman–Crippen LogP) is 2.82. The lowest BCUT2D eigenvalue weighted by molar-refractivity contribution is -0.137. The van der Waals surface area contributed by atoms with Gasteiger partial charge in [-0.05, 0) is 32.1 Å². The van der Waals surface area contributed by atoms with E-state index in [0.29, 0.717) is 12.5 Å². The molecule has 3 aliphatic rings. The largest absolute Gasteiger partial charge is 0.374 e. The number of likely N-dealkylation sites (tertiary alicyclic amines) is 1. The molecule has 0 aliphatic carbocycles. The lowest BCUT2D eigenvalue weighted by atomic mass is 9.88. The molecule has 0 aromatic heterocycles. The van der Waals surface area contributed by atoms with Gasteiger partial charge in [-0.1, -0.05) is 30.3 Å². The number of benzene rings is 1. The summed E-state index contributed by atoms with van der Waals surface area (Å²) in [5, 5.41) is 0. The molecule has 1 aromatic carbocycles. The molecule has 1 aromatic rings. The van der Waals surface area contributed by atoms with Crippen molar-refractivity contribution < 1.29 is 14.3 Å². The van der Waals surface area contributed by atoms with Crippen molar-refractivity contribution in [3.63, 3.8) is 0 Å². The van der Waals surface area contributed by atoms with Crippen molar-refractivity contribution in [1.82, 2.24) is 4.90 Å². The number of hydrogen-bond acceptors (Lipinski definition) is 3. The van der Waals surface area contributed by atoms with Gasteiger partial charge in [-0.25, -0.2) is 0 Å². The van der Waals surface area contributed by atoms with E-state index in [1.807, 2.05) is 35.2 Å². The second kappa shape index (κ2) is 6.08. The van der Waals surface area contributed by atoms with Crippen molar-refractivity contribution in [2.45, 2.75) is 56.8 Å². The molecule has 4 rings (SSSR count). The van der Waals surface area contributed by atoms with Crippen molar-refractivity contribution in [1.29, 1.82) is 0 Å². The normalized spacial score (nSPS) is 32.4. The Labute approximate surface area is 136 Å². The van der Waals surface area contributed by atoms with Gasteiger partial charge in [0.2, 0.25) is 5.91 Å². The third-order valence-corrected chi connectivity index (χ3v) is 5.60. The minimum atomic E-state index is 0.0289. The van der Waals surface area contributed by atoms with Gasteiger partial charge in [0.05, 0.1) is 18.1 Å². The average Bonchev–Trinajstić information content (AvgIpc) is 3.31. The zero-order chi connectivity index (χ0) is 15.8. The number of nitrogens with zero attached hydrogens (tertiary/aromatic N) is 1. The molecule has 4 nitrogen and oxygen atoms in total. The number of ether oxygens (including phenoxy) is 1. The zero-order valence-electron chi connectivity index (χ0n) is 13.3. The third kappa shape index (κ3) is 2.80. The summed E-state index contributed by atoms with van der Waals surface area (Å²) < 4.78 is 5.84. The fourth-order valence-corrected chi connectivity index (χ4v) is 4.40. The second-order valence-corrected chi connectivity index (χ2v) is 7.04. The molecule has 3 fully saturated rings. The molecule has 0 saturated carbocycles. The zero-order valence-corrected chi connectivity index (χ0v) is 13.3. The molecule has 3 aliphatic heterocycles. The monoisotopic (exact) mass is 313 g/mol. The molecule has 2 bridgehead atoms. The maximum atomic E-state index is 12.9. The highest BCUT2D eigenvalue weighted by atomic mass is 16.5. The van der Waals surface area contributed by atoms with E-state index in [0.717, 1.165) is 44.2 Å². The molecule has 23 heavy (non-hydrogen) atoms. The number of ketones is 1. The van der Waals surface area contributed by atoms with E-state index in [2.05, 4.69) is 0 Å². The van der Waals surface area contributed by atoms with Gasteiger partial charge in [0.1, 0.15) is 0 Å². The summed E-state index contributed by atoms with van der Waals surface area (Å²) in [5.74, 6) is 0.390. The third-order valence-electron chi connectivity index (χ3n) is 5.60. The quantitative estimate of drug-likeness (QED) is 0.803. The van der Waals surface area contributed by atoms with Crippen molar-refractivity contribution in [3.05, 3.63) is 35.9 Å². The minimum absolute atomic E-state index is 0.0289. The second-order valence-electron chi connectivity index (χ2n) is 7.04. The van der Waals surface area contributed by atoms with E-state index in [1.165, 1.54) is 0 Å². The highest BCUT2D eigenvalue weighted by Gasteiger charge is 2.47. The van der Waals surface area contributed by atoms with Crippen LogP contribution in [0.5, 0.6) is 0 Å². The van der Waals surface area contributed by atoms with Crippen molar-refractivity contribution >= 4 is 11.7 Å². The summed E-state index contributed by atoms with van der Waals surface area (Å²) in [6, 6.07) is 9.46. The average molecular weight is 313 g/mol. The number of amides is 1. The van der Waals surface area contributed by atoms with E-state index < -0.39 is 0 Å². The number of hydrogen-bond donors (Lipinski definition) is 0. The Balaban J connectivity index is 1.42. The van der Waals surface area contributed by atoms with Crippen LogP contribution in [0, 0.1) is 5.92 Å². The number of fused-ring (bicyclic) bond motifs is 2. The van der Waals surface area contributed by atoms with Gasteiger partial charge in [-0.2, -0.15) is 0 Å². The molecule has 0 spiro atoms. The van der Waals surface area contributed by atoms with Crippen LogP contribution in [0.4, 0.5) is 0 Å². The first kappa shape index (κ1) is 14.9. The number of carbonyl (C=O) groups is 2. The van der Waals surface area contributed by atoms with Crippen molar-refractivity contribution in [2.24, 2.45) is 5.92 Å². The van der Waals surface area contributed by atoms with Gasteiger partial charge < -0.3 is 9.64 Å². The first-order valence-electron chi connectivity index (χ1n) is 8.76. The first-order chi connectivity index (χ1) is 11.2. The van der Waals surface area contributed by atoms with Crippen LogP contribution >= 0.6 is 0 Å². The predicted molar refractivity (Wildman–Crippen MR) is 86.1 cm³/mol. The van der Waals surface area contributed by atoms with Crippen molar-refractivity contribution in [2.75, 3.05) is 6.54 Å². The highest BCUT2D eigenvalue weighted by molar-refractivity contribution is 5.96. The molecule has 3 saturated heterocycles. The minimum Gasteiger partial charge on any atom is -0.374 e. The summed E-state index contributed by atoms with van der Waals surface area (Å²) in [6.07, 6.45) is 5.79. The van der Waals surface area contributed by atoms with Gasteiger partial charge >= 0.3 is 0 Å². The fourth-order valence-electron chi connectivity index (χ4n) is 4.40. The maximum absolute atomic E-state index is 12.9. The van der Waals surface area contributed by atoms with E-state index >= 15 is 0 Å². The number of rotatable bonds is 4. The summed E-state index contributed by atoms with van der Waals surface area (Å²) >= 11 is 0. The summed E-state index contributed by atoms with van der Waals surface area (Å²) in [5.41, 5.74) is 0.745. The summed E-state index contributed by atoms with van der Waals surface area (Å²) in [4.78, 5) is 27.3. The van der Waals surface area contributed by atoms with Gasteiger partial charge in [0.25, 0.3) is 0 Å². The van der Waals surface area contributed by atoms with Gasteiger partial charge in [0.15, 0.2) is 5.78 Å². The van der Waals surface area contributed by atoms with Crippen LogP contribution in [0.25, 0.3) is 0 Å². The van der Waals surface area contributed by atoms with E-state index in [9.17, 15) is 9.59 Å². The molecular weight excluding hydrogens is 290 g/mol. The molecular formula is C19H23NO3. The lowest BCUT2D eigenvalue weighted by Gasteiger charge is -2.29. The first-order valence-corrected chi connectivity index (χ1v) is 8.76. The lowest BCUT2D eigenvalue weighted by Crippen LogP contribution is -2.43. The van der Waals surface area contributed by atoms with Crippen LogP contribution in [0.3, 0.4) is 0 Å². The van der Waals surface area contributed by atoms with Gasteiger partial charge in [0, 0.05) is 24.6 Å². The maximum Gasteiger partial charge on any atom is 0.228 e. The Morgan fingerprint density at radius 1 is 1.13 bits per heavy atom. The van der Waals surface area contributed by atoms with Crippen LogP contribution in [0.15, 0.2) is 30.3 Å². The Bertz CT molecular complexity index is 600. The highest BCUT2D eigenvalue weighted by Crippen LogP contribution is 2.40. The topological polar surface area (TPSA) is 46.6 Å². The number of carbonyl (C=O) groups excluding carboxylic acids is 2. The standard InChI is InChI=1S/C19H23NO3/c21-17(13-5-2-1-3-6-13)11-14-7-4-10-20(14)19(22)16-12-15-8-9-18(16)23-15/h1-3,5-6,14-16,18H,4,7-12H2/t14-,15+,16-,18+/m0/s1. The summed E-state index contributed by atoms with van der Waals surface area (Å²) in [7, 11) is 0. The molecule has 0 N–H and O–H groups in total. The van der Waals surface area contributed by atoms with E-state index in [4.69, 9.17) is 4.74 Å². The van der Waals surface area contributed by atoms with E-state index in [1.54, 1.807) is 0 Å². The summed E-state index contributed by atoms with van der Waals surface area (Å²) in [6.45, 7) is 0.791. The number of Topliss-reactive ketones (excluding diaryl/α,β-unsaturated/α-hetero) is 1. The Hall–Kier alpha value is -1.68. The molecule has 0 unspecified atom stereocenters. The molecule has 3 heterocycles.